The van der Waals surface area contributed by atoms with E-state index in [0.29, 0.717) is 11.7 Å². The van der Waals surface area contributed by atoms with Crippen molar-refractivity contribution in [2.45, 2.75) is 38.8 Å². The number of nitrogens with one attached hydrogen (secondary N) is 2. The van der Waals surface area contributed by atoms with Crippen molar-refractivity contribution in [3.05, 3.63) is 45.7 Å². The number of carbonyl (C=O) groups is 1. The van der Waals surface area contributed by atoms with Gasteiger partial charge in [-0.1, -0.05) is 33.3 Å². The minimum atomic E-state index is -0.180. The standard InChI is InChI=1S/C17H22BrN5O.ClH/c1-11(13-4-3-5-14(18)10-13)20-17(24)16-12(2)23(22-21-16)15-6-8-19-9-7-15;/h3-5,10-11,15,19H,6-9H2,1-2H3,(H,20,24);1H. The third kappa shape index (κ3) is 4.59. The van der Waals surface area contributed by atoms with Gasteiger partial charge >= 0.3 is 0 Å². The van der Waals surface area contributed by atoms with Gasteiger partial charge in [0.25, 0.3) is 5.91 Å². The molecule has 0 aliphatic carbocycles. The molecule has 1 aromatic carbocycles. The summed E-state index contributed by atoms with van der Waals surface area (Å²) in [6.07, 6.45) is 2.03. The lowest BCUT2D eigenvalue weighted by atomic mass is 10.1. The average Bonchev–Trinajstić information content (AvgIpc) is 2.97. The molecule has 2 aromatic rings. The zero-order valence-corrected chi connectivity index (χ0v) is 16.7. The fourth-order valence-corrected chi connectivity index (χ4v) is 3.49. The summed E-state index contributed by atoms with van der Waals surface area (Å²) in [5.41, 5.74) is 2.29. The Labute approximate surface area is 162 Å². The van der Waals surface area contributed by atoms with Crippen LogP contribution >= 0.6 is 28.3 Å². The van der Waals surface area contributed by atoms with Gasteiger partial charge in [0.15, 0.2) is 5.69 Å². The number of hydrogen-bond donors (Lipinski definition) is 2. The number of nitrogens with zero attached hydrogens (tertiary/aromatic N) is 3. The van der Waals surface area contributed by atoms with Gasteiger partial charge in [-0.2, -0.15) is 0 Å². The Balaban J connectivity index is 0.00000225. The Bertz CT molecular complexity index is 730. The number of rotatable bonds is 4. The second-order valence-electron chi connectivity index (χ2n) is 6.20. The molecular weight excluding hydrogens is 406 g/mol. The molecule has 0 radical (unpaired) electrons. The van der Waals surface area contributed by atoms with Crippen LogP contribution in [-0.2, 0) is 0 Å². The van der Waals surface area contributed by atoms with Gasteiger partial charge in [0.2, 0.25) is 0 Å². The van der Waals surface area contributed by atoms with Crippen molar-refractivity contribution in [1.82, 2.24) is 25.6 Å². The summed E-state index contributed by atoms with van der Waals surface area (Å²) in [5.74, 6) is -0.180. The fraction of sp³-hybridized carbons (Fsp3) is 0.471. The second kappa shape index (κ2) is 8.78. The maximum Gasteiger partial charge on any atom is 0.274 e. The summed E-state index contributed by atoms with van der Waals surface area (Å²) >= 11 is 3.46. The van der Waals surface area contributed by atoms with Crippen LogP contribution in [0.2, 0.25) is 0 Å². The number of piperidine rings is 1. The number of hydrogen-bond acceptors (Lipinski definition) is 4. The van der Waals surface area contributed by atoms with Crippen molar-refractivity contribution >= 4 is 34.2 Å². The summed E-state index contributed by atoms with van der Waals surface area (Å²) < 4.78 is 2.90. The molecule has 1 unspecified atom stereocenters. The number of halogens is 2. The van der Waals surface area contributed by atoms with Crippen LogP contribution in [0.25, 0.3) is 0 Å². The van der Waals surface area contributed by atoms with Crippen molar-refractivity contribution in [2.75, 3.05) is 13.1 Å². The van der Waals surface area contributed by atoms with Gasteiger partial charge in [-0.05, 0) is 57.5 Å². The van der Waals surface area contributed by atoms with E-state index in [1.165, 1.54) is 0 Å². The van der Waals surface area contributed by atoms with Crippen molar-refractivity contribution in [3.63, 3.8) is 0 Å². The summed E-state index contributed by atoms with van der Waals surface area (Å²) in [6.45, 7) is 5.84. The molecule has 136 valence electrons. The molecule has 0 spiro atoms. The molecule has 1 aliphatic rings. The van der Waals surface area contributed by atoms with Crippen LogP contribution in [-0.4, -0.2) is 34.0 Å². The van der Waals surface area contributed by atoms with Crippen LogP contribution in [0.5, 0.6) is 0 Å². The Morgan fingerprint density at radius 2 is 2.12 bits per heavy atom. The van der Waals surface area contributed by atoms with Crippen molar-refractivity contribution in [2.24, 2.45) is 0 Å². The number of aromatic nitrogens is 3. The topological polar surface area (TPSA) is 71.8 Å². The quantitative estimate of drug-likeness (QED) is 0.784. The third-order valence-corrected chi connectivity index (χ3v) is 4.99. The predicted molar refractivity (Wildman–Crippen MR) is 103 cm³/mol. The molecule has 1 atom stereocenters. The summed E-state index contributed by atoms with van der Waals surface area (Å²) in [5, 5.41) is 14.7. The third-order valence-electron chi connectivity index (χ3n) is 4.49. The molecule has 8 heteroatoms. The van der Waals surface area contributed by atoms with Gasteiger partial charge in [-0.25, -0.2) is 4.68 Å². The average molecular weight is 429 g/mol. The molecule has 6 nitrogen and oxygen atoms in total. The molecule has 1 amide bonds. The first kappa shape index (κ1) is 19.9. The number of amides is 1. The van der Waals surface area contributed by atoms with Crippen LogP contribution < -0.4 is 10.6 Å². The second-order valence-corrected chi connectivity index (χ2v) is 7.12. The van der Waals surface area contributed by atoms with Gasteiger partial charge in [0.1, 0.15) is 0 Å². The van der Waals surface area contributed by atoms with E-state index in [1.54, 1.807) is 0 Å². The van der Waals surface area contributed by atoms with Crippen LogP contribution in [0, 0.1) is 6.92 Å². The lowest BCUT2D eigenvalue weighted by Crippen LogP contribution is -2.31. The van der Waals surface area contributed by atoms with Gasteiger partial charge in [-0.15, -0.1) is 17.5 Å². The van der Waals surface area contributed by atoms with E-state index in [-0.39, 0.29) is 24.4 Å². The highest BCUT2D eigenvalue weighted by Gasteiger charge is 2.23. The van der Waals surface area contributed by atoms with Crippen LogP contribution in [0.4, 0.5) is 0 Å². The van der Waals surface area contributed by atoms with E-state index in [4.69, 9.17) is 0 Å². The smallest absolute Gasteiger partial charge is 0.274 e. The zero-order chi connectivity index (χ0) is 17.1. The lowest BCUT2D eigenvalue weighted by molar-refractivity contribution is 0.0934. The summed E-state index contributed by atoms with van der Waals surface area (Å²) in [7, 11) is 0. The van der Waals surface area contributed by atoms with Crippen molar-refractivity contribution < 1.29 is 4.79 Å². The Kier molecular flexibility index (Phi) is 6.98. The molecule has 25 heavy (non-hydrogen) atoms. The Morgan fingerprint density at radius 3 is 2.80 bits per heavy atom. The molecule has 0 saturated carbocycles. The van der Waals surface area contributed by atoms with E-state index in [0.717, 1.165) is 41.7 Å². The molecular formula is C17H23BrClN5O. The SMILES string of the molecule is Cc1c(C(=O)NC(C)c2cccc(Br)c2)nnn1C1CCNCC1.Cl. The minimum Gasteiger partial charge on any atom is -0.344 e. The Hall–Kier alpha value is -1.44. The summed E-state index contributed by atoms with van der Waals surface area (Å²) in [6, 6.07) is 8.15. The largest absolute Gasteiger partial charge is 0.344 e. The minimum absolute atomic E-state index is 0. The molecule has 3 rings (SSSR count). The van der Waals surface area contributed by atoms with Crippen LogP contribution in [0.15, 0.2) is 28.7 Å². The summed E-state index contributed by atoms with van der Waals surface area (Å²) in [4.78, 5) is 12.6. The highest BCUT2D eigenvalue weighted by Crippen LogP contribution is 2.21. The van der Waals surface area contributed by atoms with Crippen LogP contribution in [0.3, 0.4) is 0 Å². The predicted octanol–water partition coefficient (Wildman–Crippen LogP) is 3.19. The van der Waals surface area contributed by atoms with E-state index in [9.17, 15) is 4.79 Å². The number of carbonyl (C=O) groups excluding carboxylic acids is 1. The molecule has 1 fully saturated rings. The first-order valence-electron chi connectivity index (χ1n) is 8.25. The van der Waals surface area contributed by atoms with Crippen LogP contribution in [0.1, 0.15) is 53.6 Å². The lowest BCUT2D eigenvalue weighted by Gasteiger charge is -2.23. The fourth-order valence-electron chi connectivity index (χ4n) is 3.07. The zero-order valence-electron chi connectivity index (χ0n) is 14.3. The van der Waals surface area contributed by atoms with Gasteiger partial charge in [0, 0.05) is 4.47 Å². The molecule has 0 bridgehead atoms. The first-order chi connectivity index (χ1) is 11.6. The molecule has 1 aromatic heterocycles. The van der Waals surface area contributed by atoms with Gasteiger partial charge in [0.05, 0.1) is 17.8 Å². The van der Waals surface area contributed by atoms with Crippen molar-refractivity contribution in [3.8, 4) is 0 Å². The van der Waals surface area contributed by atoms with Gasteiger partial charge in [-0.3, -0.25) is 4.79 Å². The van der Waals surface area contributed by atoms with E-state index in [1.807, 2.05) is 42.8 Å². The molecule has 1 aliphatic heterocycles. The highest BCUT2D eigenvalue weighted by molar-refractivity contribution is 9.10. The van der Waals surface area contributed by atoms with E-state index < -0.39 is 0 Å². The monoisotopic (exact) mass is 427 g/mol. The van der Waals surface area contributed by atoms with E-state index in [2.05, 4.69) is 36.9 Å². The normalized spacial score (nSPS) is 16.1. The van der Waals surface area contributed by atoms with Crippen molar-refractivity contribution in [1.29, 1.82) is 0 Å². The highest BCUT2D eigenvalue weighted by atomic mass is 79.9. The van der Waals surface area contributed by atoms with E-state index >= 15 is 0 Å². The maximum absolute atomic E-state index is 12.6. The maximum atomic E-state index is 12.6. The van der Waals surface area contributed by atoms with Gasteiger partial charge < -0.3 is 10.6 Å². The Morgan fingerprint density at radius 1 is 1.40 bits per heavy atom. The first-order valence-corrected chi connectivity index (χ1v) is 9.04. The molecule has 2 N–H and O–H groups in total. The molecule has 1 saturated heterocycles. The molecule has 2 heterocycles. The number of benzene rings is 1.